The number of hydrazine groups is 1. The van der Waals surface area contributed by atoms with Crippen molar-refractivity contribution in [1.82, 2.24) is 10.0 Å². The Morgan fingerprint density at radius 1 is 1.28 bits per heavy atom. The Kier molecular flexibility index (Phi) is 2.44. The summed E-state index contributed by atoms with van der Waals surface area (Å²) in [5.41, 5.74) is 2.22. The zero-order valence-corrected chi connectivity index (χ0v) is 10.9. The van der Waals surface area contributed by atoms with Gasteiger partial charge < -0.3 is 0 Å². The molecule has 2 aliphatic rings. The summed E-state index contributed by atoms with van der Waals surface area (Å²) in [6.45, 7) is 4.73. The van der Waals surface area contributed by atoms with Crippen LogP contribution in [0.1, 0.15) is 32.3 Å². The molecule has 1 aromatic carbocycles. The molecule has 0 radical (unpaired) electrons. The lowest BCUT2D eigenvalue weighted by Crippen LogP contribution is -2.55. The fourth-order valence-electron chi connectivity index (χ4n) is 3.17. The van der Waals surface area contributed by atoms with Gasteiger partial charge in [-0.2, -0.15) is 0 Å². The lowest BCUT2D eigenvalue weighted by atomic mass is 9.94. The molecule has 3 rings (SSSR count). The topological polar surface area (TPSA) is 23.6 Å². The molecule has 2 heterocycles. The average molecular weight is 242 g/mol. The standard InChI is InChI=1S/C15H18N2O/c1-12(18)17-15(2)9-6-10-16(17)14(11-15)13-7-4-3-5-8-13/h3-5,7-8,11H,6,9-10H2,1-2H3. The number of benzene rings is 1. The van der Waals surface area contributed by atoms with E-state index in [0.717, 1.165) is 19.4 Å². The van der Waals surface area contributed by atoms with E-state index >= 15 is 0 Å². The lowest BCUT2D eigenvalue weighted by Gasteiger charge is -2.44. The number of rotatable bonds is 1. The summed E-state index contributed by atoms with van der Waals surface area (Å²) in [5, 5.41) is 4.06. The minimum absolute atomic E-state index is 0.124. The zero-order chi connectivity index (χ0) is 12.8. The molecule has 1 fully saturated rings. The average Bonchev–Trinajstić information content (AvgIpc) is 2.54. The third-order valence-corrected chi connectivity index (χ3v) is 3.87. The summed E-state index contributed by atoms with van der Waals surface area (Å²) in [6, 6.07) is 10.3. The molecule has 0 spiro atoms. The molecule has 3 nitrogen and oxygen atoms in total. The maximum Gasteiger partial charge on any atom is 0.238 e. The minimum Gasteiger partial charge on any atom is -0.282 e. The van der Waals surface area contributed by atoms with E-state index in [0.29, 0.717) is 0 Å². The Morgan fingerprint density at radius 2 is 2.00 bits per heavy atom. The van der Waals surface area contributed by atoms with Gasteiger partial charge in [-0.05, 0) is 31.4 Å². The largest absolute Gasteiger partial charge is 0.282 e. The predicted molar refractivity (Wildman–Crippen MR) is 71.3 cm³/mol. The SMILES string of the molecule is CC(=O)N1N2CCCC1(C)C=C2c1ccccc1. The van der Waals surface area contributed by atoms with Crippen LogP contribution in [0.4, 0.5) is 0 Å². The van der Waals surface area contributed by atoms with Crippen molar-refractivity contribution in [3.05, 3.63) is 42.0 Å². The molecule has 18 heavy (non-hydrogen) atoms. The molecule has 94 valence electrons. The number of carbonyl (C=O) groups excluding carboxylic acids is 1. The molecule has 1 saturated heterocycles. The van der Waals surface area contributed by atoms with Crippen LogP contribution < -0.4 is 0 Å². The Labute approximate surface area is 108 Å². The van der Waals surface area contributed by atoms with Crippen LogP contribution in [0.3, 0.4) is 0 Å². The van der Waals surface area contributed by atoms with Gasteiger partial charge in [0, 0.05) is 13.5 Å². The van der Waals surface area contributed by atoms with E-state index in [1.165, 1.54) is 11.3 Å². The molecular formula is C15H18N2O. The van der Waals surface area contributed by atoms with E-state index in [2.05, 4.69) is 30.1 Å². The van der Waals surface area contributed by atoms with E-state index in [-0.39, 0.29) is 11.4 Å². The van der Waals surface area contributed by atoms with Crippen molar-refractivity contribution < 1.29 is 4.79 Å². The van der Waals surface area contributed by atoms with Crippen molar-refractivity contribution in [1.29, 1.82) is 0 Å². The molecule has 0 saturated carbocycles. The van der Waals surface area contributed by atoms with Gasteiger partial charge in [-0.25, -0.2) is 5.01 Å². The second kappa shape index (κ2) is 3.87. The Hall–Kier alpha value is -1.77. The zero-order valence-electron chi connectivity index (χ0n) is 10.9. The van der Waals surface area contributed by atoms with Gasteiger partial charge in [0.25, 0.3) is 0 Å². The van der Waals surface area contributed by atoms with Crippen molar-refractivity contribution in [2.45, 2.75) is 32.2 Å². The molecule has 1 amide bonds. The first kappa shape index (κ1) is 11.3. The molecule has 1 aromatic rings. The second-order valence-corrected chi connectivity index (χ2v) is 5.31. The fraction of sp³-hybridized carbons (Fsp3) is 0.400. The first-order valence-corrected chi connectivity index (χ1v) is 6.48. The van der Waals surface area contributed by atoms with E-state index < -0.39 is 0 Å². The first-order chi connectivity index (χ1) is 8.62. The predicted octanol–water partition coefficient (Wildman–Crippen LogP) is 2.66. The Bertz CT molecular complexity index is 508. The number of hydrogen-bond acceptors (Lipinski definition) is 2. The highest BCUT2D eigenvalue weighted by Crippen LogP contribution is 2.42. The van der Waals surface area contributed by atoms with Crippen LogP contribution in [0.25, 0.3) is 5.70 Å². The molecule has 0 N–H and O–H groups in total. The summed E-state index contributed by atoms with van der Waals surface area (Å²) in [5.74, 6) is 0.124. The second-order valence-electron chi connectivity index (χ2n) is 5.31. The van der Waals surface area contributed by atoms with Gasteiger partial charge in [0.2, 0.25) is 5.91 Å². The first-order valence-electron chi connectivity index (χ1n) is 6.48. The molecular weight excluding hydrogens is 224 g/mol. The minimum atomic E-state index is -0.144. The third kappa shape index (κ3) is 1.54. The van der Waals surface area contributed by atoms with Crippen molar-refractivity contribution >= 4 is 11.6 Å². The van der Waals surface area contributed by atoms with Gasteiger partial charge in [-0.15, -0.1) is 0 Å². The maximum absolute atomic E-state index is 11.9. The third-order valence-electron chi connectivity index (χ3n) is 3.87. The van der Waals surface area contributed by atoms with Gasteiger partial charge in [0.05, 0.1) is 11.2 Å². The number of amides is 1. The smallest absolute Gasteiger partial charge is 0.238 e. The molecule has 2 aliphatic heterocycles. The number of carbonyl (C=O) groups is 1. The fourth-order valence-corrected chi connectivity index (χ4v) is 3.17. The van der Waals surface area contributed by atoms with Crippen LogP contribution >= 0.6 is 0 Å². The number of nitrogens with zero attached hydrogens (tertiary/aromatic N) is 2. The molecule has 1 unspecified atom stereocenters. The Balaban J connectivity index is 2.06. The van der Waals surface area contributed by atoms with Crippen LogP contribution in [0.15, 0.2) is 36.4 Å². The molecule has 1 atom stereocenters. The number of fused-ring (bicyclic) bond motifs is 2. The summed E-state index contributed by atoms with van der Waals surface area (Å²) in [6.07, 6.45) is 4.42. The van der Waals surface area contributed by atoms with Crippen LogP contribution in [0, 0.1) is 0 Å². The van der Waals surface area contributed by atoms with Gasteiger partial charge in [0.1, 0.15) is 0 Å². The Morgan fingerprint density at radius 3 is 2.61 bits per heavy atom. The highest BCUT2D eigenvalue weighted by atomic mass is 16.2. The number of hydrogen-bond donors (Lipinski definition) is 0. The van der Waals surface area contributed by atoms with E-state index in [4.69, 9.17) is 0 Å². The molecule has 0 aliphatic carbocycles. The van der Waals surface area contributed by atoms with Crippen LogP contribution in [-0.2, 0) is 4.79 Å². The van der Waals surface area contributed by atoms with Gasteiger partial charge in [-0.3, -0.25) is 9.80 Å². The summed E-state index contributed by atoms with van der Waals surface area (Å²) in [4.78, 5) is 11.9. The van der Waals surface area contributed by atoms with Crippen molar-refractivity contribution in [2.75, 3.05) is 6.54 Å². The van der Waals surface area contributed by atoms with Gasteiger partial charge in [0.15, 0.2) is 0 Å². The lowest BCUT2D eigenvalue weighted by molar-refractivity contribution is -0.152. The van der Waals surface area contributed by atoms with E-state index in [1.54, 1.807) is 6.92 Å². The van der Waals surface area contributed by atoms with E-state index in [1.807, 2.05) is 23.2 Å². The summed E-state index contributed by atoms with van der Waals surface area (Å²) < 4.78 is 0. The van der Waals surface area contributed by atoms with Gasteiger partial charge >= 0.3 is 0 Å². The summed E-state index contributed by atoms with van der Waals surface area (Å²) >= 11 is 0. The molecule has 0 aromatic heterocycles. The maximum atomic E-state index is 11.9. The van der Waals surface area contributed by atoms with Crippen LogP contribution in [0.5, 0.6) is 0 Å². The highest BCUT2D eigenvalue weighted by molar-refractivity contribution is 5.80. The molecule has 2 bridgehead atoms. The van der Waals surface area contributed by atoms with Gasteiger partial charge in [-0.1, -0.05) is 30.3 Å². The normalized spacial score (nSPS) is 26.2. The highest BCUT2D eigenvalue weighted by Gasteiger charge is 2.45. The quantitative estimate of drug-likeness (QED) is 0.756. The van der Waals surface area contributed by atoms with E-state index in [9.17, 15) is 4.79 Å². The molecule has 3 heteroatoms. The van der Waals surface area contributed by atoms with Crippen molar-refractivity contribution in [3.63, 3.8) is 0 Å². The van der Waals surface area contributed by atoms with Crippen molar-refractivity contribution in [2.24, 2.45) is 0 Å². The van der Waals surface area contributed by atoms with Crippen LogP contribution in [0.2, 0.25) is 0 Å². The summed E-state index contributed by atoms with van der Waals surface area (Å²) in [7, 11) is 0. The van der Waals surface area contributed by atoms with Crippen molar-refractivity contribution in [3.8, 4) is 0 Å². The van der Waals surface area contributed by atoms with Crippen LogP contribution in [-0.4, -0.2) is 28.0 Å². The monoisotopic (exact) mass is 242 g/mol.